The topological polar surface area (TPSA) is 86.8 Å². The average molecular weight is 552 g/mol. The maximum absolute atomic E-state index is 13.2. The van der Waals surface area contributed by atoms with E-state index in [1.54, 1.807) is 30.3 Å². The van der Waals surface area contributed by atoms with Crippen LogP contribution in [0, 0.1) is 5.92 Å². The van der Waals surface area contributed by atoms with E-state index < -0.39 is 9.84 Å². The lowest BCUT2D eigenvalue weighted by atomic mass is 9.84. The monoisotopic (exact) mass is 551 g/mol. The van der Waals surface area contributed by atoms with Crippen molar-refractivity contribution in [2.75, 3.05) is 32.4 Å². The van der Waals surface area contributed by atoms with Crippen molar-refractivity contribution in [2.45, 2.75) is 61.9 Å². The summed E-state index contributed by atoms with van der Waals surface area (Å²) in [5.41, 5.74) is 1.95. The lowest BCUT2D eigenvalue weighted by Crippen LogP contribution is -2.48. The minimum atomic E-state index is -3.26. The molecule has 2 aromatic carbocycles. The predicted molar refractivity (Wildman–Crippen MR) is 154 cm³/mol. The zero-order chi connectivity index (χ0) is 27.8. The molecule has 1 aliphatic carbocycles. The van der Waals surface area contributed by atoms with E-state index in [0.29, 0.717) is 6.54 Å². The molecule has 8 heteroatoms. The number of rotatable bonds is 12. The molecule has 2 amide bonds. The summed E-state index contributed by atoms with van der Waals surface area (Å²) in [5.74, 6) is 0.375. The number of carbonyl (C=O) groups excluding carboxylic acids is 2. The van der Waals surface area contributed by atoms with Crippen LogP contribution in [0.2, 0.25) is 0 Å². The van der Waals surface area contributed by atoms with Gasteiger partial charge in [-0.1, -0.05) is 55.0 Å². The summed E-state index contributed by atoms with van der Waals surface area (Å²) in [6, 6.07) is 16.9. The summed E-state index contributed by atoms with van der Waals surface area (Å²) in [7, 11) is -3.26. The number of sulfone groups is 1. The van der Waals surface area contributed by atoms with E-state index in [-0.39, 0.29) is 41.1 Å². The third-order valence-corrected chi connectivity index (χ3v) is 9.21. The van der Waals surface area contributed by atoms with E-state index in [9.17, 15) is 18.0 Å². The van der Waals surface area contributed by atoms with E-state index in [1.807, 2.05) is 23.1 Å². The number of nitrogens with zero attached hydrogens (tertiary/aromatic N) is 2. The Bertz CT molecular complexity index is 1220. The Hall–Kier alpha value is -2.97. The van der Waals surface area contributed by atoms with E-state index in [4.69, 9.17) is 0 Å². The molecule has 0 aromatic heterocycles. The minimum Gasteiger partial charge on any atom is -0.349 e. The van der Waals surface area contributed by atoms with Crippen molar-refractivity contribution in [1.29, 1.82) is 0 Å². The van der Waals surface area contributed by atoms with Crippen molar-refractivity contribution in [3.8, 4) is 0 Å². The highest BCUT2D eigenvalue weighted by Gasteiger charge is 2.29. The zero-order valence-electron chi connectivity index (χ0n) is 22.9. The van der Waals surface area contributed by atoms with Crippen molar-refractivity contribution in [2.24, 2.45) is 5.92 Å². The van der Waals surface area contributed by atoms with E-state index in [0.717, 1.165) is 69.3 Å². The van der Waals surface area contributed by atoms with Crippen LogP contribution < -0.4 is 5.32 Å². The summed E-state index contributed by atoms with van der Waals surface area (Å²) in [4.78, 5) is 30.5. The number of piperidine rings is 1. The molecule has 0 radical (unpaired) electrons. The van der Waals surface area contributed by atoms with E-state index >= 15 is 0 Å². The molecule has 1 atom stereocenters. The number of hydrogen-bond acceptors (Lipinski definition) is 5. The largest absolute Gasteiger partial charge is 0.349 e. The molecule has 210 valence electrons. The summed E-state index contributed by atoms with van der Waals surface area (Å²) < 4.78 is 23.5. The maximum atomic E-state index is 13.2. The Morgan fingerprint density at radius 2 is 1.72 bits per heavy atom. The van der Waals surface area contributed by atoms with Crippen molar-refractivity contribution in [1.82, 2.24) is 15.1 Å². The lowest BCUT2D eigenvalue weighted by molar-refractivity contribution is -0.133. The molecule has 1 heterocycles. The second-order valence-corrected chi connectivity index (χ2v) is 12.9. The Morgan fingerprint density at radius 1 is 1.05 bits per heavy atom. The van der Waals surface area contributed by atoms with Crippen LogP contribution in [-0.2, 0) is 25.8 Å². The van der Waals surface area contributed by atoms with Crippen LogP contribution in [0.15, 0.2) is 72.1 Å². The van der Waals surface area contributed by atoms with Gasteiger partial charge in [-0.25, -0.2) is 8.42 Å². The molecule has 0 bridgehead atoms. The summed E-state index contributed by atoms with van der Waals surface area (Å²) in [5, 5.41) is 3.31. The first kappa shape index (κ1) is 29.0. The molecule has 4 rings (SSSR count). The fourth-order valence-electron chi connectivity index (χ4n) is 5.46. The van der Waals surface area contributed by atoms with Gasteiger partial charge >= 0.3 is 0 Å². The quantitative estimate of drug-likeness (QED) is 0.401. The second-order valence-electron chi connectivity index (χ2n) is 10.9. The molecule has 1 saturated heterocycles. The number of carbonyl (C=O) groups is 2. The predicted octanol–water partition coefficient (Wildman–Crippen LogP) is 4.16. The first-order valence-electron chi connectivity index (χ1n) is 14.0. The number of hydrogen-bond donors (Lipinski definition) is 1. The van der Waals surface area contributed by atoms with Gasteiger partial charge in [-0.2, -0.15) is 0 Å². The van der Waals surface area contributed by atoms with Crippen molar-refractivity contribution < 1.29 is 18.0 Å². The van der Waals surface area contributed by atoms with Crippen LogP contribution in [0.1, 0.15) is 55.7 Å². The fraction of sp³-hybridized carbons (Fsp3) is 0.484. The molecule has 2 fully saturated rings. The standard InChI is InChI=1S/C31H41N3O4S/c1-3-19-34(30(35)23-24-12-14-28(15-13-24)39(2,37)38)27-16-20-33(21-17-27)22-18-29(25-8-5-4-6-9-25)32-31(36)26-10-7-11-26/h3-6,8-9,12-15,26-27,29H,1,7,10-11,16-23H2,2H3,(H,32,36). The fourth-order valence-corrected chi connectivity index (χ4v) is 6.09. The van der Waals surface area contributed by atoms with Crippen LogP contribution >= 0.6 is 0 Å². The van der Waals surface area contributed by atoms with Gasteiger partial charge in [0.25, 0.3) is 0 Å². The van der Waals surface area contributed by atoms with Gasteiger partial charge in [-0.05, 0) is 55.4 Å². The first-order chi connectivity index (χ1) is 18.7. The molecule has 0 spiro atoms. The Kier molecular flexibility index (Phi) is 9.97. The number of nitrogens with one attached hydrogen (secondary N) is 1. The van der Waals surface area contributed by atoms with Crippen LogP contribution in [0.4, 0.5) is 0 Å². The van der Waals surface area contributed by atoms with Crippen molar-refractivity contribution >= 4 is 21.7 Å². The lowest BCUT2D eigenvalue weighted by Gasteiger charge is -2.39. The molecular formula is C31H41N3O4S. The highest BCUT2D eigenvalue weighted by molar-refractivity contribution is 7.90. The Labute approximate surface area is 233 Å². The third-order valence-electron chi connectivity index (χ3n) is 8.08. The molecule has 2 aliphatic rings. The minimum absolute atomic E-state index is 0.00458. The van der Waals surface area contributed by atoms with E-state index in [1.165, 1.54) is 6.26 Å². The van der Waals surface area contributed by atoms with Crippen LogP contribution in [0.5, 0.6) is 0 Å². The zero-order valence-corrected chi connectivity index (χ0v) is 23.7. The molecule has 7 nitrogen and oxygen atoms in total. The molecule has 1 aliphatic heterocycles. The number of amides is 2. The van der Waals surface area contributed by atoms with Gasteiger partial charge in [0.15, 0.2) is 9.84 Å². The molecule has 2 aromatic rings. The van der Waals surface area contributed by atoms with Gasteiger partial charge in [-0.15, -0.1) is 6.58 Å². The van der Waals surface area contributed by atoms with Gasteiger partial charge in [0.05, 0.1) is 17.4 Å². The van der Waals surface area contributed by atoms with Crippen LogP contribution in [0.3, 0.4) is 0 Å². The molecule has 1 unspecified atom stereocenters. The summed E-state index contributed by atoms with van der Waals surface area (Å²) in [6.07, 6.45) is 8.94. The summed E-state index contributed by atoms with van der Waals surface area (Å²) in [6.45, 7) is 7.03. The molecule has 39 heavy (non-hydrogen) atoms. The van der Waals surface area contributed by atoms with Crippen LogP contribution in [0.25, 0.3) is 0 Å². The van der Waals surface area contributed by atoms with Gasteiger partial charge in [0.2, 0.25) is 11.8 Å². The third kappa shape index (κ3) is 8.02. The van der Waals surface area contributed by atoms with Crippen LogP contribution in [-0.4, -0.2) is 68.5 Å². The SMILES string of the molecule is C=CCN(C(=O)Cc1ccc(S(C)(=O)=O)cc1)C1CCN(CCC(NC(=O)C2CCC2)c2ccccc2)CC1. The average Bonchev–Trinajstić information content (AvgIpc) is 2.89. The maximum Gasteiger partial charge on any atom is 0.227 e. The first-order valence-corrected chi connectivity index (χ1v) is 15.9. The molecule has 1 saturated carbocycles. The molecule has 1 N–H and O–H groups in total. The second kappa shape index (κ2) is 13.4. The number of likely N-dealkylation sites (tertiary alicyclic amines) is 1. The number of benzene rings is 2. The highest BCUT2D eigenvalue weighted by Crippen LogP contribution is 2.28. The van der Waals surface area contributed by atoms with Gasteiger partial charge in [-0.3, -0.25) is 9.59 Å². The molecular weight excluding hydrogens is 510 g/mol. The Morgan fingerprint density at radius 3 is 2.28 bits per heavy atom. The normalized spacial score (nSPS) is 17.7. The van der Waals surface area contributed by atoms with Gasteiger partial charge in [0.1, 0.15) is 0 Å². The smallest absolute Gasteiger partial charge is 0.227 e. The van der Waals surface area contributed by atoms with Crippen molar-refractivity contribution in [3.63, 3.8) is 0 Å². The van der Waals surface area contributed by atoms with Crippen molar-refractivity contribution in [3.05, 3.63) is 78.4 Å². The highest BCUT2D eigenvalue weighted by atomic mass is 32.2. The summed E-state index contributed by atoms with van der Waals surface area (Å²) >= 11 is 0. The van der Waals surface area contributed by atoms with Gasteiger partial charge < -0.3 is 15.1 Å². The van der Waals surface area contributed by atoms with Gasteiger partial charge in [0, 0.05) is 44.4 Å². The Balaban J connectivity index is 1.30. The van der Waals surface area contributed by atoms with E-state index in [2.05, 4.69) is 28.9 Å².